The molecule has 2 aromatic rings. The third-order valence-electron chi connectivity index (χ3n) is 3.03. The van der Waals surface area contributed by atoms with Crippen LogP contribution in [0.3, 0.4) is 0 Å². The van der Waals surface area contributed by atoms with E-state index < -0.39 is 11.8 Å². The van der Waals surface area contributed by atoms with Crippen LogP contribution in [-0.2, 0) is 6.61 Å². The largest absolute Gasteiger partial charge is 0.489 e. The summed E-state index contributed by atoms with van der Waals surface area (Å²) >= 11 is 0. The molecule has 0 aliphatic rings. The standard InChI is InChI=1S/C16H16FNO3/c1-18(2)13-4-3-5-14(9-13)21-10-12-7-6-11(16(19)20)8-15(12)17/h3-9H,10H2,1-2H3,(H,19,20). The summed E-state index contributed by atoms with van der Waals surface area (Å²) in [5, 5.41) is 8.79. The van der Waals surface area contributed by atoms with Crippen LogP contribution in [-0.4, -0.2) is 25.2 Å². The minimum atomic E-state index is -1.15. The van der Waals surface area contributed by atoms with Crippen molar-refractivity contribution in [2.24, 2.45) is 0 Å². The lowest BCUT2D eigenvalue weighted by Gasteiger charge is -2.14. The Morgan fingerprint density at radius 1 is 1.24 bits per heavy atom. The van der Waals surface area contributed by atoms with Gasteiger partial charge in [0.25, 0.3) is 0 Å². The van der Waals surface area contributed by atoms with Crippen molar-refractivity contribution in [3.8, 4) is 5.75 Å². The number of rotatable bonds is 5. The molecule has 0 spiro atoms. The van der Waals surface area contributed by atoms with E-state index in [0.29, 0.717) is 11.3 Å². The van der Waals surface area contributed by atoms with E-state index >= 15 is 0 Å². The molecule has 2 rings (SSSR count). The number of hydrogen-bond acceptors (Lipinski definition) is 3. The Bertz CT molecular complexity index is 656. The van der Waals surface area contributed by atoms with Gasteiger partial charge < -0.3 is 14.7 Å². The molecule has 21 heavy (non-hydrogen) atoms. The van der Waals surface area contributed by atoms with Gasteiger partial charge in [0.2, 0.25) is 0 Å². The molecule has 0 aliphatic carbocycles. The lowest BCUT2D eigenvalue weighted by Crippen LogP contribution is -2.08. The Hall–Kier alpha value is -2.56. The molecule has 0 fully saturated rings. The molecule has 1 N–H and O–H groups in total. The number of hydrogen-bond donors (Lipinski definition) is 1. The number of anilines is 1. The normalized spacial score (nSPS) is 10.2. The Balaban J connectivity index is 2.09. The SMILES string of the molecule is CN(C)c1cccc(OCc2ccc(C(=O)O)cc2F)c1. The number of benzene rings is 2. The van der Waals surface area contributed by atoms with Crippen molar-refractivity contribution in [2.45, 2.75) is 6.61 Å². The number of ether oxygens (including phenoxy) is 1. The second kappa shape index (κ2) is 6.26. The lowest BCUT2D eigenvalue weighted by atomic mass is 10.1. The molecular formula is C16H16FNO3. The summed E-state index contributed by atoms with van der Waals surface area (Å²) in [7, 11) is 3.84. The number of nitrogens with zero attached hydrogens (tertiary/aromatic N) is 1. The molecule has 110 valence electrons. The molecule has 0 bridgehead atoms. The average molecular weight is 289 g/mol. The zero-order valence-corrected chi connectivity index (χ0v) is 11.8. The van der Waals surface area contributed by atoms with Gasteiger partial charge in [-0.3, -0.25) is 0 Å². The smallest absolute Gasteiger partial charge is 0.335 e. The summed E-state index contributed by atoms with van der Waals surface area (Å²) in [5.74, 6) is -1.11. The number of halogens is 1. The van der Waals surface area contributed by atoms with Crippen LogP contribution in [0.2, 0.25) is 0 Å². The van der Waals surface area contributed by atoms with Crippen LogP contribution in [0, 0.1) is 5.82 Å². The number of carbonyl (C=O) groups is 1. The van der Waals surface area contributed by atoms with Crippen molar-refractivity contribution >= 4 is 11.7 Å². The van der Waals surface area contributed by atoms with E-state index in [1.54, 1.807) is 6.07 Å². The predicted octanol–water partition coefficient (Wildman–Crippen LogP) is 3.17. The first-order chi connectivity index (χ1) is 9.97. The minimum Gasteiger partial charge on any atom is -0.489 e. The van der Waals surface area contributed by atoms with Crippen LogP contribution >= 0.6 is 0 Å². The van der Waals surface area contributed by atoms with E-state index in [1.807, 2.05) is 37.2 Å². The van der Waals surface area contributed by atoms with Crippen LogP contribution in [0.5, 0.6) is 5.75 Å². The van der Waals surface area contributed by atoms with Gasteiger partial charge in [-0.05, 0) is 24.3 Å². The quantitative estimate of drug-likeness (QED) is 0.918. The van der Waals surface area contributed by atoms with Crippen LogP contribution in [0.15, 0.2) is 42.5 Å². The van der Waals surface area contributed by atoms with Crippen molar-refractivity contribution in [3.05, 3.63) is 59.4 Å². The van der Waals surface area contributed by atoms with E-state index in [4.69, 9.17) is 9.84 Å². The molecule has 5 heteroatoms. The summed E-state index contributed by atoms with van der Waals surface area (Å²) in [5.41, 5.74) is 1.22. The molecule has 0 heterocycles. The van der Waals surface area contributed by atoms with Gasteiger partial charge in [-0.2, -0.15) is 0 Å². The first-order valence-electron chi connectivity index (χ1n) is 6.39. The number of carboxylic acid groups (broad SMARTS) is 1. The fraction of sp³-hybridized carbons (Fsp3) is 0.188. The summed E-state index contributed by atoms with van der Waals surface area (Å²) < 4.78 is 19.3. The fourth-order valence-corrected chi connectivity index (χ4v) is 1.81. The zero-order valence-electron chi connectivity index (χ0n) is 11.8. The monoisotopic (exact) mass is 289 g/mol. The van der Waals surface area contributed by atoms with Crippen molar-refractivity contribution < 1.29 is 19.0 Å². The zero-order chi connectivity index (χ0) is 15.4. The highest BCUT2D eigenvalue weighted by molar-refractivity contribution is 5.87. The molecule has 0 aromatic heterocycles. The van der Waals surface area contributed by atoms with Gasteiger partial charge >= 0.3 is 5.97 Å². The third-order valence-corrected chi connectivity index (χ3v) is 3.03. The van der Waals surface area contributed by atoms with Crippen LogP contribution in [0.25, 0.3) is 0 Å². The van der Waals surface area contributed by atoms with Gasteiger partial charge in [-0.15, -0.1) is 0 Å². The average Bonchev–Trinajstić information content (AvgIpc) is 2.46. The first kappa shape index (κ1) is 14.8. The van der Waals surface area contributed by atoms with Crippen LogP contribution in [0.1, 0.15) is 15.9 Å². The maximum Gasteiger partial charge on any atom is 0.335 e. The molecule has 0 amide bonds. The molecule has 0 radical (unpaired) electrons. The van der Waals surface area contributed by atoms with Gasteiger partial charge in [0, 0.05) is 31.4 Å². The van der Waals surface area contributed by atoms with Crippen molar-refractivity contribution in [3.63, 3.8) is 0 Å². The lowest BCUT2D eigenvalue weighted by molar-refractivity contribution is 0.0696. The van der Waals surface area contributed by atoms with Gasteiger partial charge in [0.05, 0.1) is 5.56 Å². The molecule has 0 saturated heterocycles. The van der Waals surface area contributed by atoms with Gasteiger partial charge in [0.15, 0.2) is 0 Å². The highest BCUT2D eigenvalue weighted by Crippen LogP contribution is 2.21. The van der Waals surface area contributed by atoms with Crippen LogP contribution in [0.4, 0.5) is 10.1 Å². The molecule has 2 aromatic carbocycles. The third kappa shape index (κ3) is 3.72. The van der Waals surface area contributed by atoms with Crippen molar-refractivity contribution in [1.82, 2.24) is 0 Å². The van der Waals surface area contributed by atoms with Crippen LogP contribution < -0.4 is 9.64 Å². The Labute approximate surface area is 122 Å². The predicted molar refractivity (Wildman–Crippen MR) is 78.5 cm³/mol. The number of aromatic carboxylic acids is 1. The van der Waals surface area contributed by atoms with E-state index in [0.717, 1.165) is 11.8 Å². The fourth-order valence-electron chi connectivity index (χ4n) is 1.81. The minimum absolute atomic E-state index is 0.0443. The number of carboxylic acids is 1. The Morgan fingerprint density at radius 2 is 2.00 bits per heavy atom. The molecule has 0 aliphatic heterocycles. The maximum absolute atomic E-state index is 13.8. The Morgan fingerprint density at radius 3 is 2.62 bits per heavy atom. The van der Waals surface area contributed by atoms with Crippen molar-refractivity contribution in [1.29, 1.82) is 0 Å². The van der Waals surface area contributed by atoms with Gasteiger partial charge in [-0.25, -0.2) is 9.18 Å². The van der Waals surface area contributed by atoms with E-state index in [2.05, 4.69) is 0 Å². The summed E-state index contributed by atoms with van der Waals surface area (Å²) in [4.78, 5) is 12.7. The molecule has 0 atom stereocenters. The van der Waals surface area contributed by atoms with Gasteiger partial charge in [-0.1, -0.05) is 12.1 Å². The topological polar surface area (TPSA) is 49.8 Å². The highest BCUT2D eigenvalue weighted by atomic mass is 19.1. The molecular weight excluding hydrogens is 273 g/mol. The molecule has 4 nitrogen and oxygen atoms in total. The van der Waals surface area contributed by atoms with E-state index in [1.165, 1.54) is 12.1 Å². The summed E-state index contributed by atoms with van der Waals surface area (Å²) in [6, 6.07) is 11.2. The van der Waals surface area contributed by atoms with Crippen molar-refractivity contribution in [2.75, 3.05) is 19.0 Å². The second-order valence-electron chi connectivity index (χ2n) is 4.79. The van der Waals surface area contributed by atoms with Gasteiger partial charge in [0.1, 0.15) is 18.2 Å². The Kier molecular flexibility index (Phi) is 4.42. The molecule has 0 unspecified atom stereocenters. The first-order valence-corrected chi connectivity index (χ1v) is 6.39. The summed E-state index contributed by atoms with van der Waals surface area (Å²) in [6.07, 6.45) is 0. The maximum atomic E-state index is 13.8. The molecule has 0 saturated carbocycles. The summed E-state index contributed by atoms with van der Waals surface area (Å²) in [6.45, 7) is 0.0443. The van der Waals surface area contributed by atoms with E-state index in [9.17, 15) is 9.18 Å². The highest BCUT2D eigenvalue weighted by Gasteiger charge is 2.09. The second-order valence-corrected chi connectivity index (χ2v) is 4.79. The van der Waals surface area contributed by atoms with E-state index in [-0.39, 0.29) is 12.2 Å².